The molecule has 8 heteroatoms. The zero-order valence-corrected chi connectivity index (χ0v) is 16.2. The molecule has 1 aliphatic rings. The predicted octanol–water partition coefficient (Wildman–Crippen LogP) is 3.85. The molecular weight excluding hydrogens is 374 g/mol. The molecule has 1 saturated heterocycles. The maximum Gasteiger partial charge on any atom is 0.277 e. The van der Waals surface area contributed by atoms with Crippen LogP contribution in [0.1, 0.15) is 19.3 Å². The topological polar surface area (TPSA) is 84.1 Å². The first-order valence-corrected chi connectivity index (χ1v) is 10.3. The lowest BCUT2D eigenvalue weighted by Crippen LogP contribution is -2.29. The lowest BCUT2D eigenvalue weighted by atomic mass is 10.1. The number of piperidine rings is 1. The van der Waals surface area contributed by atoms with E-state index in [1.807, 2.05) is 18.2 Å². The molecule has 0 unspecified atom stereocenters. The van der Waals surface area contributed by atoms with Gasteiger partial charge in [0.25, 0.3) is 5.22 Å². The van der Waals surface area contributed by atoms with E-state index < -0.39 is 0 Å². The predicted molar refractivity (Wildman–Crippen MR) is 109 cm³/mol. The van der Waals surface area contributed by atoms with E-state index >= 15 is 0 Å². The van der Waals surface area contributed by atoms with Crippen molar-refractivity contribution < 1.29 is 9.21 Å². The summed E-state index contributed by atoms with van der Waals surface area (Å²) in [6.07, 6.45) is 7.13. The fourth-order valence-electron chi connectivity index (χ4n) is 3.11. The zero-order valence-electron chi connectivity index (χ0n) is 15.4. The van der Waals surface area contributed by atoms with Crippen LogP contribution < -0.4 is 10.2 Å². The standard InChI is InChI=1S/C20H21N5O2S/c26-18(14-28-20-24-23-19(27-20)15-5-4-10-21-13-15)22-16-6-8-17(9-7-16)25-11-2-1-3-12-25/h4-10,13H,1-3,11-12,14H2,(H,22,26). The molecule has 0 radical (unpaired) electrons. The fourth-order valence-corrected chi connectivity index (χ4v) is 3.67. The van der Waals surface area contributed by atoms with Crippen LogP contribution in [0.25, 0.3) is 11.5 Å². The highest BCUT2D eigenvalue weighted by molar-refractivity contribution is 7.99. The second-order valence-corrected chi connectivity index (χ2v) is 7.47. The normalized spacial score (nSPS) is 14.1. The number of carbonyl (C=O) groups excluding carboxylic acids is 1. The Balaban J connectivity index is 1.28. The lowest BCUT2D eigenvalue weighted by Gasteiger charge is -2.28. The van der Waals surface area contributed by atoms with Crippen molar-refractivity contribution >= 4 is 29.0 Å². The third-order valence-electron chi connectivity index (χ3n) is 4.51. The highest BCUT2D eigenvalue weighted by atomic mass is 32.2. The van der Waals surface area contributed by atoms with E-state index in [-0.39, 0.29) is 11.7 Å². The van der Waals surface area contributed by atoms with Gasteiger partial charge >= 0.3 is 0 Å². The molecule has 0 spiro atoms. The van der Waals surface area contributed by atoms with Crippen molar-refractivity contribution in [3.63, 3.8) is 0 Å². The highest BCUT2D eigenvalue weighted by Crippen LogP contribution is 2.24. The Morgan fingerprint density at radius 2 is 1.93 bits per heavy atom. The molecule has 1 fully saturated rings. The van der Waals surface area contributed by atoms with Crippen LogP contribution >= 0.6 is 11.8 Å². The van der Waals surface area contributed by atoms with Crippen LogP contribution in [0.3, 0.4) is 0 Å². The van der Waals surface area contributed by atoms with E-state index in [0.29, 0.717) is 11.1 Å². The monoisotopic (exact) mass is 395 g/mol. The number of benzene rings is 1. The number of hydrogen-bond acceptors (Lipinski definition) is 7. The van der Waals surface area contributed by atoms with Crippen LogP contribution in [0.4, 0.5) is 11.4 Å². The van der Waals surface area contributed by atoms with Gasteiger partial charge in [-0.25, -0.2) is 0 Å². The average Bonchev–Trinajstić information content (AvgIpc) is 3.23. The van der Waals surface area contributed by atoms with Gasteiger partial charge in [0.05, 0.1) is 11.3 Å². The summed E-state index contributed by atoms with van der Waals surface area (Å²) in [5.41, 5.74) is 2.74. The Labute approximate surface area is 167 Å². The van der Waals surface area contributed by atoms with Crippen molar-refractivity contribution in [3.8, 4) is 11.5 Å². The van der Waals surface area contributed by atoms with Crippen LogP contribution in [0.2, 0.25) is 0 Å². The molecule has 7 nitrogen and oxygen atoms in total. The summed E-state index contributed by atoms with van der Waals surface area (Å²) in [6.45, 7) is 2.21. The van der Waals surface area contributed by atoms with E-state index in [0.717, 1.165) is 24.3 Å². The first-order chi connectivity index (χ1) is 13.8. The minimum atomic E-state index is -0.114. The molecule has 3 heterocycles. The smallest absolute Gasteiger partial charge is 0.277 e. The molecule has 2 aromatic heterocycles. The summed E-state index contributed by atoms with van der Waals surface area (Å²) < 4.78 is 5.57. The van der Waals surface area contributed by atoms with Crippen LogP contribution in [0, 0.1) is 0 Å². The van der Waals surface area contributed by atoms with Crippen molar-refractivity contribution in [2.45, 2.75) is 24.5 Å². The number of nitrogens with zero attached hydrogens (tertiary/aromatic N) is 4. The Hall–Kier alpha value is -2.87. The van der Waals surface area contributed by atoms with Crippen molar-refractivity contribution in [2.75, 3.05) is 29.1 Å². The van der Waals surface area contributed by atoms with Gasteiger partial charge in [0, 0.05) is 36.9 Å². The number of aromatic nitrogens is 3. The number of rotatable bonds is 6. The largest absolute Gasteiger partial charge is 0.411 e. The molecule has 3 aromatic rings. The molecule has 0 atom stereocenters. The molecule has 28 heavy (non-hydrogen) atoms. The van der Waals surface area contributed by atoms with E-state index in [2.05, 4.69) is 37.5 Å². The molecule has 4 rings (SSSR count). The summed E-state index contributed by atoms with van der Waals surface area (Å²) in [4.78, 5) is 18.6. The third-order valence-corrected chi connectivity index (χ3v) is 5.33. The van der Waals surface area contributed by atoms with E-state index in [9.17, 15) is 4.79 Å². The van der Waals surface area contributed by atoms with Crippen LogP contribution in [0.5, 0.6) is 0 Å². The summed E-state index contributed by atoms with van der Waals surface area (Å²) in [7, 11) is 0. The van der Waals surface area contributed by atoms with E-state index in [1.165, 1.54) is 36.7 Å². The Morgan fingerprint density at radius 1 is 1.11 bits per heavy atom. The molecule has 144 valence electrons. The van der Waals surface area contributed by atoms with Gasteiger partial charge in [-0.2, -0.15) is 0 Å². The minimum absolute atomic E-state index is 0.114. The second kappa shape index (κ2) is 8.88. The number of carbonyl (C=O) groups is 1. The first-order valence-electron chi connectivity index (χ1n) is 9.29. The Bertz CT molecular complexity index is 908. The number of amides is 1. The van der Waals surface area contributed by atoms with Crippen molar-refractivity contribution in [3.05, 3.63) is 48.8 Å². The van der Waals surface area contributed by atoms with Crippen LogP contribution in [-0.4, -0.2) is 39.9 Å². The van der Waals surface area contributed by atoms with Gasteiger partial charge in [-0.1, -0.05) is 11.8 Å². The highest BCUT2D eigenvalue weighted by Gasteiger charge is 2.13. The number of pyridine rings is 1. The second-order valence-electron chi connectivity index (χ2n) is 6.55. The van der Waals surface area contributed by atoms with Crippen LogP contribution in [-0.2, 0) is 4.79 Å². The zero-order chi connectivity index (χ0) is 19.2. The minimum Gasteiger partial charge on any atom is -0.411 e. The summed E-state index contributed by atoms with van der Waals surface area (Å²) in [6, 6.07) is 11.7. The molecule has 1 aromatic carbocycles. The Morgan fingerprint density at radius 3 is 2.68 bits per heavy atom. The molecule has 0 aliphatic carbocycles. The van der Waals surface area contributed by atoms with Gasteiger partial charge < -0.3 is 14.6 Å². The molecule has 1 amide bonds. The van der Waals surface area contributed by atoms with Crippen molar-refractivity contribution in [1.82, 2.24) is 15.2 Å². The molecule has 1 N–H and O–H groups in total. The van der Waals surface area contributed by atoms with Gasteiger partial charge in [-0.15, -0.1) is 10.2 Å². The average molecular weight is 395 g/mol. The van der Waals surface area contributed by atoms with Gasteiger partial charge in [0.2, 0.25) is 11.8 Å². The van der Waals surface area contributed by atoms with Gasteiger partial charge in [0.15, 0.2) is 0 Å². The number of thioether (sulfide) groups is 1. The SMILES string of the molecule is O=C(CSc1nnc(-c2cccnc2)o1)Nc1ccc(N2CCCCC2)cc1. The summed E-state index contributed by atoms with van der Waals surface area (Å²) in [5, 5.41) is 11.2. The third kappa shape index (κ3) is 4.69. The summed E-state index contributed by atoms with van der Waals surface area (Å²) >= 11 is 1.21. The van der Waals surface area contributed by atoms with Crippen molar-refractivity contribution in [2.24, 2.45) is 0 Å². The van der Waals surface area contributed by atoms with Gasteiger partial charge in [-0.05, 0) is 55.7 Å². The lowest BCUT2D eigenvalue weighted by molar-refractivity contribution is -0.113. The first kappa shape index (κ1) is 18.5. The fraction of sp³-hybridized carbons (Fsp3) is 0.300. The molecular formula is C20H21N5O2S. The van der Waals surface area contributed by atoms with Gasteiger partial charge in [-0.3, -0.25) is 9.78 Å². The van der Waals surface area contributed by atoms with Gasteiger partial charge in [0.1, 0.15) is 0 Å². The quantitative estimate of drug-likeness (QED) is 0.635. The maximum atomic E-state index is 12.2. The van der Waals surface area contributed by atoms with E-state index in [4.69, 9.17) is 4.42 Å². The number of nitrogens with one attached hydrogen (secondary N) is 1. The number of anilines is 2. The maximum absolute atomic E-state index is 12.2. The number of hydrogen-bond donors (Lipinski definition) is 1. The summed E-state index contributed by atoms with van der Waals surface area (Å²) in [5.74, 6) is 0.476. The Kier molecular flexibility index (Phi) is 5.86. The van der Waals surface area contributed by atoms with E-state index in [1.54, 1.807) is 18.5 Å². The van der Waals surface area contributed by atoms with Crippen molar-refractivity contribution in [1.29, 1.82) is 0 Å². The molecule has 1 aliphatic heterocycles. The molecule has 0 bridgehead atoms. The molecule has 0 saturated carbocycles. The van der Waals surface area contributed by atoms with Crippen LogP contribution in [0.15, 0.2) is 58.4 Å².